The SMILES string of the molecule is COc1ccc(-c2nc(CN(Cc3cccnc3)C[C@@H]3CCC(=O)N3)c(C)o2)c(F)c1. The van der Waals surface area contributed by atoms with Crippen molar-refractivity contribution in [2.45, 2.75) is 38.9 Å². The van der Waals surface area contributed by atoms with Crippen molar-refractivity contribution in [3.8, 4) is 17.2 Å². The summed E-state index contributed by atoms with van der Waals surface area (Å²) in [7, 11) is 1.49. The van der Waals surface area contributed by atoms with Crippen LogP contribution in [0, 0.1) is 12.7 Å². The van der Waals surface area contributed by atoms with Crippen molar-refractivity contribution >= 4 is 5.91 Å². The van der Waals surface area contributed by atoms with Gasteiger partial charge in [-0.05, 0) is 37.1 Å². The number of rotatable bonds is 8. The lowest BCUT2D eigenvalue weighted by molar-refractivity contribution is -0.119. The number of carbonyl (C=O) groups excluding carboxylic acids is 1. The summed E-state index contributed by atoms with van der Waals surface area (Å²) < 4.78 is 25.3. The lowest BCUT2D eigenvalue weighted by atomic mass is 10.2. The van der Waals surface area contributed by atoms with Gasteiger partial charge in [0.1, 0.15) is 17.3 Å². The minimum Gasteiger partial charge on any atom is -0.497 e. The van der Waals surface area contributed by atoms with Crippen LogP contribution in [0.3, 0.4) is 0 Å². The van der Waals surface area contributed by atoms with Gasteiger partial charge in [-0.3, -0.25) is 14.7 Å². The van der Waals surface area contributed by atoms with Crippen molar-refractivity contribution in [1.29, 1.82) is 0 Å². The first-order valence-corrected chi connectivity index (χ1v) is 10.2. The van der Waals surface area contributed by atoms with Gasteiger partial charge in [0.15, 0.2) is 0 Å². The van der Waals surface area contributed by atoms with Crippen LogP contribution in [0.25, 0.3) is 11.5 Å². The van der Waals surface area contributed by atoms with E-state index in [1.54, 1.807) is 18.3 Å². The van der Waals surface area contributed by atoms with E-state index in [1.807, 2.05) is 25.3 Å². The third kappa shape index (κ3) is 5.08. The van der Waals surface area contributed by atoms with E-state index in [9.17, 15) is 9.18 Å². The monoisotopic (exact) mass is 424 g/mol. The Labute approximate surface area is 180 Å². The molecule has 7 nitrogen and oxygen atoms in total. The Morgan fingerprint density at radius 3 is 2.87 bits per heavy atom. The van der Waals surface area contributed by atoms with E-state index < -0.39 is 5.82 Å². The number of amides is 1. The van der Waals surface area contributed by atoms with E-state index in [0.29, 0.717) is 37.6 Å². The Bertz CT molecular complexity index is 1050. The van der Waals surface area contributed by atoms with Gasteiger partial charge in [-0.25, -0.2) is 9.37 Å². The highest BCUT2D eigenvalue weighted by Crippen LogP contribution is 2.28. The molecule has 1 atom stereocenters. The van der Waals surface area contributed by atoms with Crippen molar-refractivity contribution in [2.75, 3.05) is 13.7 Å². The van der Waals surface area contributed by atoms with Crippen LogP contribution >= 0.6 is 0 Å². The minimum atomic E-state index is -0.451. The molecule has 0 radical (unpaired) electrons. The molecule has 4 rings (SSSR count). The topological polar surface area (TPSA) is 80.5 Å². The average molecular weight is 424 g/mol. The molecule has 1 saturated heterocycles. The minimum absolute atomic E-state index is 0.0845. The predicted molar refractivity (Wildman–Crippen MR) is 113 cm³/mol. The number of benzene rings is 1. The van der Waals surface area contributed by atoms with Crippen LogP contribution in [-0.4, -0.2) is 40.5 Å². The highest BCUT2D eigenvalue weighted by atomic mass is 19.1. The molecule has 0 spiro atoms. The van der Waals surface area contributed by atoms with Crippen LogP contribution in [0.5, 0.6) is 5.75 Å². The van der Waals surface area contributed by atoms with Gasteiger partial charge in [0, 0.05) is 50.6 Å². The van der Waals surface area contributed by atoms with Gasteiger partial charge in [0.2, 0.25) is 11.8 Å². The molecule has 0 bridgehead atoms. The van der Waals surface area contributed by atoms with E-state index in [2.05, 4.69) is 20.2 Å². The molecule has 3 aromatic rings. The lowest BCUT2D eigenvalue weighted by Gasteiger charge is -2.24. The fraction of sp³-hybridized carbons (Fsp3) is 0.348. The van der Waals surface area contributed by atoms with Gasteiger partial charge in [-0.1, -0.05) is 6.07 Å². The Balaban J connectivity index is 1.55. The van der Waals surface area contributed by atoms with Gasteiger partial charge < -0.3 is 14.5 Å². The zero-order chi connectivity index (χ0) is 21.8. The number of nitrogens with one attached hydrogen (secondary N) is 1. The molecule has 1 fully saturated rings. The van der Waals surface area contributed by atoms with Crippen molar-refractivity contribution in [2.24, 2.45) is 0 Å². The summed E-state index contributed by atoms with van der Waals surface area (Å²) in [6.45, 7) is 3.67. The zero-order valence-corrected chi connectivity index (χ0v) is 17.6. The number of aromatic nitrogens is 2. The van der Waals surface area contributed by atoms with Crippen LogP contribution in [-0.2, 0) is 17.9 Å². The van der Waals surface area contributed by atoms with Crippen molar-refractivity contribution in [3.05, 3.63) is 65.6 Å². The first-order valence-electron chi connectivity index (χ1n) is 10.2. The van der Waals surface area contributed by atoms with Gasteiger partial charge >= 0.3 is 0 Å². The van der Waals surface area contributed by atoms with Crippen LogP contribution in [0.4, 0.5) is 4.39 Å². The molecule has 1 aromatic carbocycles. The van der Waals surface area contributed by atoms with Crippen LogP contribution in [0.2, 0.25) is 0 Å². The Hall–Kier alpha value is -3.26. The van der Waals surface area contributed by atoms with E-state index in [0.717, 1.165) is 17.7 Å². The Morgan fingerprint density at radius 2 is 2.19 bits per heavy atom. The maximum absolute atomic E-state index is 14.5. The van der Waals surface area contributed by atoms with Crippen molar-refractivity contribution in [3.63, 3.8) is 0 Å². The number of carbonyl (C=O) groups is 1. The van der Waals surface area contributed by atoms with Crippen LogP contribution in [0.1, 0.15) is 29.9 Å². The highest BCUT2D eigenvalue weighted by Gasteiger charge is 2.25. The third-order valence-electron chi connectivity index (χ3n) is 5.37. The Morgan fingerprint density at radius 1 is 1.32 bits per heavy atom. The number of hydrogen-bond donors (Lipinski definition) is 1. The molecule has 2 aromatic heterocycles. The number of pyridine rings is 1. The second kappa shape index (κ2) is 9.26. The second-order valence-electron chi connectivity index (χ2n) is 7.70. The lowest BCUT2D eigenvalue weighted by Crippen LogP contribution is -2.38. The number of aryl methyl sites for hydroxylation is 1. The van der Waals surface area contributed by atoms with Gasteiger partial charge in [-0.15, -0.1) is 0 Å². The number of oxazole rings is 1. The Kier molecular flexibility index (Phi) is 6.27. The van der Waals surface area contributed by atoms with Crippen molar-refractivity contribution < 1.29 is 18.3 Å². The molecule has 162 valence electrons. The van der Waals surface area contributed by atoms with Gasteiger partial charge in [0.25, 0.3) is 0 Å². The van der Waals surface area contributed by atoms with Crippen LogP contribution < -0.4 is 10.1 Å². The second-order valence-corrected chi connectivity index (χ2v) is 7.70. The smallest absolute Gasteiger partial charge is 0.229 e. The summed E-state index contributed by atoms with van der Waals surface area (Å²) >= 11 is 0. The highest BCUT2D eigenvalue weighted by molar-refractivity contribution is 5.78. The van der Waals surface area contributed by atoms with E-state index >= 15 is 0 Å². The standard InChI is InChI=1S/C23H25FN4O3/c1-15-21(27-23(31-15)19-7-6-18(30-2)10-20(19)24)14-28(12-16-4-3-9-25-11-16)13-17-5-8-22(29)26-17/h3-4,6-7,9-11,17H,5,8,12-14H2,1-2H3,(H,26,29)/t17-/m0/s1. The van der Waals surface area contributed by atoms with Gasteiger partial charge in [0.05, 0.1) is 18.4 Å². The summed E-state index contributed by atoms with van der Waals surface area (Å²) in [5.74, 6) is 0.945. The molecule has 3 heterocycles. The van der Waals surface area contributed by atoms with Crippen LogP contribution in [0.15, 0.2) is 47.1 Å². The average Bonchev–Trinajstić information content (AvgIpc) is 3.33. The quantitative estimate of drug-likeness (QED) is 0.596. The van der Waals surface area contributed by atoms with E-state index in [-0.39, 0.29) is 23.4 Å². The number of nitrogens with zero attached hydrogens (tertiary/aromatic N) is 3. The molecular formula is C23H25FN4O3. The summed E-state index contributed by atoms with van der Waals surface area (Å²) in [5, 5.41) is 3.02. The zero-order valence-electron chi connectivity index (χ0n) is 17.6. The molecule has 1 aliphatic heterocycles. The third-order valence-corrected chi connectivity index (χ3v) is 5.37. The molecule has 8 heteroatoms. The first kappa shape index (κ1) is 21.0. The summed E-state index contributed by atoms with van der Waals surface area (Å²) in [6.07, 6.45) is 4.92. The number of methoxy groups -OCH3 is 1. The first-order chi connectivity index (χ1) is 15.0. The summed E-state index contributed by atoms with van der Waals surface area (Å²) in [4.78, 5) is 22.6. The molecule has 0 aliphatic carbocycles. The molecule has 1 amide bonds. The normalized spacial score (nSPS) is 16.0. The predicted octanol–water partition coefficient (Wildman–Crippen LogP) is 3.47. The molecule has 0 saturated carbocycles. The number of ether oxygens (including phenoxy) is 1. The molecule has 1 N–H and O–H groups in total. The molecular weight excluding hydrogens is 399 g/mol. The maximum Gasteiger partial charge on any atom is 0.229 e. The number of hydrogen-bond acceptors (Lipinski definition) is 6. The van der Waals surface area contributed by atoms with E-state index in [1.165, 1.54) is 13.2 Å². The molecule has 0 unspecified atom stereocenters. The fourth-order valence-electron chi connectivity index (χ4n) is 3.76. The molecule has 31 heavy (non-hydrogen) atoms. The molecule has 1 aliphatic rings. The van der Waals surface area contributed by atoms with Gasteiger partial charge in [-0.2, -0.15) is 0 Å². The summed E-state index contributed by atoms with van der Waals surface area (Å²) in [6, 6.07) is 8.60. The largest absolute Gasteiger partial charge is 0.497 e. The van der Waals surface area contributed by atoms with E-state index in [4.69, 9.17) is 9.15 Å². The maximum atomic E-state index is 14.5. The number of halogens is 1. The fourth-order valence-corrected chi connectivity index (χ4v) is 3.76. The van der Waals surface area contributed by atoms with Crippen molar-refractivity contribution in [1.82, 2.24) is 20.2 Å². The summed E-state index contributed by atoms with van der Waals surface area (Å²) in [5.41, 5.74) is 2.09.